The van der Waals surface area contributed by atoms with Gasteiger partial charge in [0.15, 0.2) is 0 Å². The summed E-state index contributed by atoms with van der Waals surface area (Å²) in [5.41, 5.74) is 10.7. The van der Waals surface area contributed by atoms with E-state index in [2.05, 4.69) is 15.3 Å². The van der Waals surface area contributed by atoms with E-state index < -0.39 is 0 Å². The molecular weight excluding hydrogens is 450 g/mol. The molecule has 2 aliphatic rings. The number of benzene rings is 2. The van der Waals surface area contributed by atoms with Crippen LogP contribution in [0.2, 0.25) is 5.02 Å². The number of hydrogen-bond donors (Lipinski definition) is 2. The number of amides is 2. The van der Waals surface area contributed by atoms with Crippen LogP contribution in [0.15, 0.2) is 48.7 Å². The predicted molar refractivity (Wildman–Crippen MR) is 132 cm³/mol. The third-order valence-corrected chi connectivity index (χ3v) is 7.08. The number of anilines is 1. The van der Waals surface area contributed by atoms with Gasteiger partial charge in [0.25, 0.3) is 5.91 Å². The van der Waals surface area contributed by atoms with Gasteiger partial charge in [0.2, 0.25) is 5.91 Å². The first-order valence-corrected chi connectivity index (χ1v) is 12.1. The SMILES string of the molecule is Cc1ccc(-n2ncc(C(=O)Nc3cccc(CN4CCCC4C(N)=O)c3)c2C2CC2)cc1Cl. The molecule has 1 atom stereocenters. The number of nitrogens with two attached hydrogens (primary N) is 1. The third kappa shape index (κ3) is 4.58. The highest BCUT2D eigenvalue weighted by atomic mass is 35.5. The molecule has 3 N–H and O–H groups in total. The van der Waals surface area contributed by atoms with Crippen LogP contribution >= 0.6 is 11.6 Å². The number of carbonyl (C=O) groups excluding carboxylic acids is 2. The number of halogens is 1. The number of primary amides is 1. The Bertz CT molecular complexity index is 1250. The molecule has 7 nitrogen and oxygen atoms in total. The summed E-state index contributed by atoms with van der Waals surface area (Å²) in [6.45, 7) is 3.43. The summed E-state index contributed by atoms with van der Waals surface area (Å²) >= 11 is 6.34. The van der Waals surface area contributed by atoms with Crippen molar-refractivity contribution in [1.82, 2.24) is 14.7 Å². The number of aromatic nitrogens is 2. The Labute approximate surface area is 203 Å². The number of nitrogens with zero attached hydrogens (tertiary/aromatic N) is 3. The maximum absolute atomic E-state index is 13.3. The lowest BCUT2D eigenvalue weighted by Crippen LogP contribution is -2.39. The van der Waals surface area contributed by atoms with Crippen LogP contribution in [-0.4, -0.2) is 39.1 Å². The van der Waals surface area contributed by atoms with E-state index in [1.165, 1.54) is 0 Å². The van der Waals surface area contributed by atoms with Crippen molar-refractivity contribution >= 4 is 29.1 Å². The van der Waals surface area contributed by atoms with Crippen LogP contribution in [0.1, 0.15) is 58.8 Å². The van der Waals surface area contributed by atoms with Gasteiger partial charge in [-0.25, -0.2) is 4.68 Å². The molecule has 2 fully saturated rings. The fourth-order valence-corrected chi connectivity index (χ4v) is 4.89. The average Bonchev–Trinajstić information content (AvgIpc) is 3.36. The van der Waals surface area contributed by atoms with Crippen LogP contribution in [-0.2, 0) is 11.3 Å². The number of carbonyl (C=O) groups is 2. The van der Waals surface area contributed by atoms with E-state index in [4.69, 9.17) is 17.3 Å². The second kappa shape index (κ2) is 9.24. The van der Waals surface area contributed by atoms with Gasteiger partial charge in [0.1, 0.15) is 0 Å². The van der Waals surface area contributed by atoms with Gasteiger partial charge >= 0.3 is 0 Å². The van der Waals surface area contributed by atoms with Crippen molar-refractivity contribution in [3.63, 3.8) is 0 Å². The molecule has 1 aromatic heterocycles. The first-order valence-electron chi connectivity index (χ1n) is 11.7. The molecule has 5 rings (SSSR count). The molecule has 1 aliphatic carbocycles. The molecule has 176 valence electrons. The van der Waals surface area contributed by atoms with E-state index in [-0.39, 0.29) is 17.9 Å². The first-order chi connectivity index (χ1) is 16.4. The lowest BCUT2D eigenvalue weighted by molar-refractivity contribution is -0.122. The molecule has 0 spiro atoms. The van der Waals surface area contributed by atoms with Gasteiger partial charge in [-0.15, -0.1) is 0 Å². The largest absolute Gasteiger partial charge is 0.368 e. The number of hydrogen-bond acceptors (Lipinski definition) is 4. The van der Waals surface area contributed by atoms with Gasteiger partial charge in [0, 0.05) is 23.2 Å². The lowest BCUT2D eigenvalue weighted by atomic mass is 10.1. The van der Waals surface area contributed by atoms with E-state index in [9.17, 15) is 9.59 Å². The van der Waals surface area contributed by atoms with Gasteiger partial charge in [-0.3, -0.25) is 14.5 Å². The lowest BCUT2D eigenvalue weighted by Gasteiger charge is -2.22. The first kappa shape index (κ1) is 22.6. The van der Waals surface area contributed by atoms with E-state index in [0.717, 1.165) is 54.7 Å². The second-order valence-electron chi connectivity index (χ2n) is 9.25. The van der Waals surface area contributed by atoms with Crippen molar-refractivity contribution in [3.8, 4) is 5.69 Å². The topological polar surface area (TPSA) is 93.2 Å². The molecule has 3 aromatic rings. The molecule has 1 unspecified atom stereocenters. The molecule has 1 saturated carbocycles. The molecule has 0 radical (unpaired) electrons. The maximum atomic E-state index is 13.3. The van der Waals surface area contributed by atoms with Crippen molar-refractivity contribution in [3.05, 3.63) is 76.1 Å². The fourth-order valence-electron chi connectivity index (χ4n) is 4.72. The van der Waals surface area contributed by atoms with Gasteiger partial charge in [0.05, 0.1) is 29.2 Å². The molecule has 2 heterocycles. The highest BCUT2D eigenvalue weighted by Gasteiger charge is 2.33. The quantitative estimate of drug-likeness (QED) is 0.527. The normalized spacial score (nSPS) is 18.2. The zero-order valence-corrected chi connectivity index (χ0v) is 19.9. The van der Waals surface area contributed by atoms with E-state index >= 15 is 0 Å². The van der Waals surface area contributed by atoms with Crippen LogP contribution in [0.3, 0.4) is 0 Å². The minimum absolute atomic E-state index is 0.181. The summed E-state index contributed by atoms with van der Waals surface area (Å²) in [5.74, 6) is -0.142. The van der Waals surface area contributed by atoms with Crippen LogP contribution in [0, 0.1) is 6.92 Å². The van der Waals surface area contributed by atoms with Gasteiger partial charge < -0.3 is 11.1 Å². The summed E-state index contributed by atoms with van der Waals surface area (Å²) in [6.07, 6.45) is 5.48. The predicted octanol–water partition coefficient (Wildman–Crippen LogP) is 4.41. The van der Waals surface area contributed by atoms with Crippen molar-refractivity contribution in [2.75, 3.05) is 11.9 Å². The van der Waals surface area contributed by atoms with E-state index in [1.54, 1.807) is 6.20 Å². The van der Waals surface area contributed by atoms with Crippen molar-refractivity contribution in [1.29, 1.82) is 0 Å². The van der Waals surface area contributed by atoms with E-state index in [0.29, 0.717) is 28.7 Å². The smallest absolute Gasteiger partial charge is 0.259 e. The van der Waals surface area contributed by atoms with Crippen molar-refractivity contribution < 1.29 is 9.59 Å². The minimum atomic E-state index is -0.276. The zero-order valence-electron chi connectivity index (χ0n) is 19.1. The summed E-state index contributed by atoms with van der Waals surface area (Å²) in [7, 11) is 0. The molecule has 8 heteroatoms. The highest BCUT2D eigenvalue weighted by molar-refractivity contribution is 6.31. The Kier molecular flexibility index (Phi) is 6.15. The summed E-state index contributed by atoms with van der Waals surface area (Å²) in [5, 5.41) is 8.25. The highest BCUT2D eigenvalue weighted by Crippen LogP contribution is 2.43. The Morgan fingerprint density at radius 3 is 2.74 bits per heavy atom. The van der Waals surface area contributed by atoms with Gasteiger partial charge in [-0.1, -0.05) is 29.8 Å². The molecule has 2 amide bonds. The number of likely N-dealkylation sites (tertiary alicyclic amines) is 1. The van der Waals surface area contributed by atoms with Crippen LogP contribution in [0.25, 0.3) is 5.69 Å². The average molecular weight is 478 g/mol. The number of aryl methyl sites for hydroxylation is 1. The molecule has 2 aromatic carbocycles. The summed E-state index contributed by atoms with van der Waals surface area (Å²) in [4.78, 5) is 27.1. The Morgan fingerprint density at radius 1 is 1.18 bits per heavy atom. The molecule has 1 aliphatic heterocycles. The molecule has 34 heavy (non-hydrogen) atoms. The Balaban J connectivity index is 1.36. The molecular formula is C26H28ClN5O2. The molecule has 0 bridgehead atoms. The van der Waals surface area contributed by atoms with Crippen molar-refractivity contribution in [2.45, 2.75) is 51.1 Å². The summed E-state index contributed by atoms with van der Waals surface area (Å²) < 4.78 is 1.84. The Morgan fingerprint density at radius 2 is 2.00 bits per heavy atom. The van der Waals surface area contributed by atoms with Crippen molar-refractivity contribution in [2.24, 2.45) is 5.73 Å². The number of nitrogens with one attached hydrogen (secondary N) is 1. The minimum Gasteiger partial charge on any atom is -0.368 e. The molecule has 1 saturated heterocycles. The number of rotatable bonds is 7. The van der Waals surface area contributed by atoms with Gasteiger partial charge in [-0.05, 0) is 74.5 Å². The van der Waals surface area contributed by atoms with Crippen LogP contribution < -0.4 is 11.1 Å². The maximum Gasteiger partial charge on any atom is 0.259 e. The Hall–Kier alpha value is -3.16. The monoisotopic (exact) mass is 477 g/mol. The second-order valence-corrected chi connectivity index (χ2v) is 9.66. The standard InChI is InChI=1S/C26H28ClN5O2/c1-16-7-10-20(13-22(16)27)32-24(18-8-9-18)21(14-29-32)26(34)30-19-5-2-4-17(12-19)15-31-11-3-6-23(31)25(28)33/h2,4-5,7,10,12-14,18,23H,3,6,8-9,11,15H2,1H3,(H2,28,33)(H,30,34). The van der Waals surface area contributed by atoms with Crippen LogP contribution in [0.5, 0.6) is 0 Å². The third-order valence-electron chi connectivity index (χ3n) is 6.68. The fraction of sp³-hybridized carbons (Fsp3) is 0.346. The van der Waals surface area contributed by atoms with Crippen LogP contribution in [0.4, 0.5) is 5.69 Å². The zero-order chi connectivity index (χ0) is 23.8. The van der Waals surface area contributed by atoms with Gasteiger partial charge in [-0.2, -0.15) is 5.10 Å². The van der Waals surface area contributed by atoms with E-state index in [1.807, 2.05) is 54.1 Å². The summed E-state index contributed by atoms with van der Waals surface area (Å²) in [6, 6.07) is 13.3.